The molecule has 0 unspecified atom stereocenters. The third-order valence-electron chi connectivity index (χ3n) is 2.56. The molecule has 1 aliphatic heterocycles. The van der Waals surface area contributed by atoms with Crippen molar-refractivity contribution in [3.05, 3.63) is 23.8 Å². The van der Waals surface area contributed by atoms with Crippen LogP contribution in [0.3, 0.4) is 0 Å². The quantitative estimate of drug-likeness (QED) is 0.797. The SMILES string of the molecule is COC(=O)COc1ccc2c(c1)NC(=O)CC2. The van der Waals surface area contributed by atoms with Gasteiger partial charge in [0.05, 0.1) is 7.11 Å². The van der Waals surface area contributed by atoms with Gasteiger partial charge < -0.3 is 14.8 Å². The first-order valence-electron chi connectivity index (χ1n) is 5.31. The number of hydrogen-bond acceptors (Lipinski definition) is 4. The lowest BCUT2D eigenvalue weighted by Crippen LogP contribution is -2.19. The molecule has 0 atom stereocenters. The molecule has 0 aromatic heterocycles. The monoisotopic (exact) mass is 235 g/mol. The highest BCUT2D eigenvalue weighted by Crippen LogP contribution is 2.26. The number of esters is 1. The molecule has 17 heavy (non-hydrogen) atoms. The van der Waals surface area contributed by atoms with Gasteiger partial charge in [0.15, 0.2) is 6.61 Å². The zero-order chi connectivity index (χ0) is 12.3. The molecule has 1 aromatic carbocycles. The number of methoxy groups -OCH3 is 1. The van der Waals surface area contributed by atoms with E-state index in [9.17, 15) is 9.59 Å². The summed E-state index contributed by atoms with van der Waals surface area (Å²) in [4.78, 5) is 22.1. The molecule has 90 valence electrons. The molecular formula is C12H13NO4. The normalized spacial score (nSPS) is 13.6. The van der Waals surface area contributed by atoms with Crippen LogP contribution in [0, 0.1) is 0 Å². The van der Waals surface area contributed by atoms with Crippen LogP contribution in [0.2, 0.25) is 0 Å². The molecule has 5 nitrogen and oxygen atoms in total. The number of amides is 1. The van der Waals surface area contributed by atoms with Crippen molar-refractivity contribution in [2.24, 2.45) is 0 Å². The third kappa shape index (κ3) is 2.75. The van der Waals surface area contributed by atoms with Crippen LogP contribution in [0.5, 0.6) is 5.75 Å². The number of rotatable bonds is 3. The molecule has 0 radical (unpaired) electrons. The summed E-state index contributed by atoms with van der Waals surface area (Å²) >= 11 is 0. The molecule has 1 amide bonds. The zero-order valence-corrected chi connectivity index (χ0v) is 9.49. The number of nitrogens with one attached hydrogen (secondary N) is 1. The number of carbonyl (C=O) groups is 2. The largest absolute Gasteiger partial charge is 0.482 e. The van der Waals surface area contributed by atoms with Crippen LogP contribution in [0.25, 0.3) is 0 Å². The Hall–Kier alpha value is -2.04. The highest BCUT2D eigenvalue weighted by Gasteiger charge is 2.15. The van der Waals surface area contributed by atoms with E-state index >= 15 is 0 Å². The summed E-state index contributed by atoms with van der Waals surface area (Å²) < 4.78 is 9.70. The van der Waals surface area contributed by atoms with Crippen molar-refractivity contribution in [3.8, 4) is 5.75 Å². The molecule has 0 saturated heterocycles. The van der Waals surface area contributed by atoms with Crippen molar-refractivity contribution < 1.29 is 19.1 Å². The lowest BCUT2D eigenvalue weighted by atomic mass is 10.0. The molecule has 1 N–H and O–H groups in total. The number of fused-ring (bicyclic) bond motifs is 1. The Morgan fingerprint density at radius 3 is 3.00 bits per heavy atom. The van der Waals surface area contributed by atoms with Gasteiger partial charge in [-0.3, -0.25) is 4.79 Å². The van der Waals surface area contributed by atoms with Crippen LogP contribution in [0.15, 0.2) is 18.2 Å². The second kappa shape index (κ2) is 4.86. The fourth-order valence-corrected chi connectivity index (χ4v) is 1.64. The standard InChI is InChI=1S/C12H13NO4/c1-16-12(15)7-17-9-4-2-8-3-5-11(14)13-10(8)6-9/h2,4,6H,3,5,7H2,1H3,(H,13,14). The summed E-state index contributed by atoms with van der Waals surface area (Å²) in [6.07, 6.45) is 1.24. The average molecular weight is 235 g/mol. The molecule has 1 aliphatic rings. The van der Waals surface area contributed by atoms with Crippen LogP contribution in [0.1, 0.15) is 12.0 Å². The van der Waals surface area contributed by atoms with Gasteiger partial charge in [-0.2, -0.15) is 0 Å². The maximum Gasteiger partial charge on any atom is 0.343 e. The lowest BCUT2D eigenvalue weighted by Gasteiger charge is -2.17. The smallest absolute Gasteiger partial charge is 0.343 e. The Morgan fingerprint density at radius 2 is 2.24 bits per heavy atom. The number of aryl methyl sites for hydroxylation is 1. The van der Waals surface area contributed by atoms with E-state index in [2.05, 4.69) is 10.1 Å². The van der Waals surface area contributed by atoms with E-state index in [1.807, 2.05) is 6.07 Å². The number of carbonyl (C=O) groups excluding carboxylic acids is 2. The van der Waals surface area contributed by atoms with E-state index in [1.165, 1.54) is 7.11 Å². The summed E-state index contributed by atoms with van der Waals surface area (Å²) in [5.74, 6) is 0.103. The fraction of sp³-hybridized carbons (Fsp3) is 0.333. The maximum atomic E-state index is 11.2. The molecule has 1 heterocycles. The summed E-state index contributed by atoms with van der Waals surface area (Å²) in [6.45, 7) is -0.136. The molecule has 0 fully saturated rings. The highest BCUT2D eigenvalue weighted by molar-refractivity contribution is 5.94. The second-order valence-corrected chi connectivity index (χ2v) is 3.73. The second-order valence-electron chi connectivity index (χ2n) is 3.73. The third-order valence-corrected chi connectivity index (χ3v) is 2.56. The van der Waals surface area contributed by atoms with Crippen LogP contribution in [-0.2, 0) is 20.7 Å². The summed E-state index contributed by atoms with van der Waals surface area (Å²) in [5, 5.41) is 2.77. The Morgan fingerprint density at radius 1 is 1.41 bits per heavy atom. The number of benzene rings is 1. The lowest BCUT2D eigenvalue weighted by molar-refractivity contribution is -0.142. The molecular weight excluding hydrogens is 222 g/mol. The summed E-state index contributed by atoms with van der Waals surface area (Å²) in [6, 6.07) is 5.38. The predicted molar refractivity (Wildman–Crippen MR) is 60.9 cm³/mol. The van der Waals surface area contributed by atoms with E-state index in [-0.39, 0.29) is 12.5 Å². The Labute approximate surface area is 98.7 Å². The van der Waals surface area contributed by atoms with Crippen LogP contribution in [0.4, 0.5) is 5.69 Å². The first-order valence-corrected chi connectivity index (χ1v) is 5.31. The first-order chi connectivity index (χ1) is 8.19. The maximum absolute atomic E-state index is 11.2. The molecule has 1 aromatic rings. The van der Waals surface area contributed by atoms with Crippen molar-refractivity contribution in [2.75, 3.05) is 19.0 Å². The Bertz CT molecular complexity index is 456. The van der Waals surface area contributed by atoms with Gasteiger partial charge in [0.1, 0.15) is 5.75 Å². The van der Waals surface area contributed by atoms with E-state index in [0.717, 1.165) is 17.7 Å². The molecule has 0 spiro atoms. The van der Waals surface area contributed by atoms with Crippen LogP contribution in [-0.4, -0.2) is 25.6 Å². The van der Waals surface area contributed by atoms with Crippen molar-refractivity contribution in [3.63, 3.8) is 0 Å². The van der Waals surface area contributed by atoms with E-state index < -0.39 is 5.97 Å². The van der Waals surface area contributed by atoms with Gasteiger partial charge in [-0.05, 0) is 18.1 Å². The topological polar surface area (TPSA) is 64.6 Å². The highest BCUT2D eigenvalue weighted by atomic mass is 16.6. The number of anilines is 1. The van der Waals surface area contributed by atoms with Gasteiger partial charge in [0, 0.05) is 18.2 Å². The van der Waals surface area contributed by atoms with E-state index in [1.54, 1.807) is 12.1 Å². The number of hydrogen-bond donors (Lipinski definition) is 1. The minimum absolute atomic E-state index is 0.00242. The van der Waals surface area contributed by atoms with Crippen LogP contribution >= 0.6 is 0 Å². The zero-order valence-electron chi connectivity index (χ0n) is 9.49. The molecule has 0 bridgehead atoms. The van der Waals surface area contributed by atoms with Gasteiger partial charge in [0.25, 0.3) is 0 Å². The van der Waals surface area contributed by atoms with E-state index in [4.69, 9.17) is 4.74 Å². The molecule has 0 saturated carbocycles. The van der Waals surface area contributed by atoms with Gasteiger partial charge in [0.2, 0.25) is 5.91 Å². The van der Waals surface area contributed by atoms with Gasteiger partial charge >= 0.3 is 5.97 Å². The first kappa shape index (κ1) is 11.4. The van der Waals surface area contributed by atoms with Crippen LogP contribution < -0.4 is 10.1 Å². The fourth-order valence-electron chi connectivity index (χ4n) is 1.64. The average Bonchev–Trinajstić information content (AvgIpc) is 2.35. The van der Waals surface area contributed by atoms with Gasteiger partial charge in [-0.25, -0.2) is 4.79 Å². The van der Waals surface area contributed by atoms with Crippen molar-refractivity contribution in [2.45, 2.75) is 12.8 Å². The van der Waals surface area contributed by atoms with Crippen molar-refractivity contribution in [1.29, 1.82) is 0 Å². The minimum atomic E-state index is -0.438. The van der Waals surface area contributed by atoms with Gasteiger partial charge in [-0.15, -0.1) is 0 Å². The molecule has 5 heteroatoms. The van der Waals surface area contributed by atoms with Crippen molar-refractivity contribution >= 4 is 17.6 Å². The van der Waals surface area contributed by atoms with Crippen molar-refractivity contribution in [1.82, 2.24) is 0 Å². The Balaban J connectivity index is 2.07. The summed E-state index contributed by atoms with van der Waals surface area (Å²) in [7, 11) is 1.30. The Kier molecular flexibility index (Phi) is 3.27. The molecule has 2 rings (SSSR count). The minimum Gasteiger partial charge on any atom is -0.482 e. The number of ether oxygens (including phenoxy) is 2. The molecule has 0 aliphatic carbocycles. The summed E-state index contributed by atoms with van der Waals surface area (Å²) in [5.41, 5.74) is 1.83. The predicted octanol–water partition coefficient (Wildman–Crippen LogP) is 1.12. The van der Waals surface area contributed by atoms with Gasteiger partial charge in [-0.1, -0.05) is 6.07 Å². The van der Waals surface area contributed by atoms with E-state index in [0.29, 0.717) is 12.2 Å².